The molecule has 0 bridgehead atoms. The fourth-order valence-electron chi connectivity index (χ4n) is 1.19. The molecule has 0 aromatic carbocycles. The summed E-state index contributed by atoms with van der Waals surface area (Å²) in [4.78, 5) is 18.4. The number of pyridine rings is 1. The van der Waals surface area contributed by atoms with Gasteiger partial charge in [0.2, 0.25) is 0 Å². The highest BCUT2D eigenvalue weighted by molar-refractivity contribution is 9.10. The van der Waals surface area contributed by atoms with E-state index in [2.05, 4.69) is 31.2 Å². The summed E-state index contributed by atoms with van der Waals surface area (Å²) in [5.74, 6) is -0.298. The average molecular weight is 335 g/mol. The van der Waals surface area contributed by atoms with Gasteiger partial charge < -0.3 is 10.3 Å². The van der Waals surface area contributed by atoms with E-state index in [1.165, 1.54) is 18.5 Å². The van der Waals surface area contributed by atoms with Crippen LogP contribution < -0.4 is 5.32 Å². The van der Waals surface area contributed by atoms with Crippen molar-refractivity contribution in [3.8, 4) is 0 Å². The molecular weight excluding hydrogens is 329 g/mol. The van der Waals surface area contributed by atoms with E-state index in [9.17, 15) is 4.79 Å². The monoisotopic (exact) mass is 333 g/mol. The highest BCUT2D eigenvalue weighted by atomic mass is 79.9. The van der Waals surface area contributed by atoms with E-state index in [0.717, 1.165) is 0 Å². The van der Waals surface area contributed by atoms with Crippen LogP contribution in [0.1, 0.15) is 10.5 Å². The van der Waals surface area contributed by atoms with Crippen molar-refractivity contribution in [3.05, 3.63) is 44.9 Å². The first kappa shape index (κ1) is 12.4. The molecule has 0 saturated heterocycles. The summed E-state index contributed by atoms with van der Waals surface area (Å²) in [5.41, 5.74) is 0.915. The van der Waals surface area contributed by atoms with E-state index in [1.54, 1.807) is 6.07 Å². The molecule has 0 atom stereocenters. The molecule has 88 valence electrons. The summed E-state index contributed by atoms with van der Waals surface area (Å²) < 4.78 is 0.612. The van der Waals surface area contributed by atoms with Crippen LogP contribution in [0.15, 0.2) is 29.0 Å². The minimum atomic E-state index is -0.298. The van der Waals surface area contributed by atoms with Gasteiger partial charge in [0.25, 0.3) is 5.91 Å². The van der Waals surface area contributed by atoms with E-state index in [0.29, 0.717) is 26.0 Å². The quantitative estimate of drug-likeness (QED) is 0.822. The van der Waals surface area contributed by atoms with Gasteiger partial charge in [-0.15, -0.1) is 0 Å². The predicted molar refractivity (Wildman–Crippen MR) is 70.7 cm³/mol. The third kappa shape index (κ3) is 3.00. The Hall–Kier alpha value is -1.04. The highest BCUT2D eigenvalue weighted by Gasteiger charge is 2.09. The van der Waals surface area contributed by atoms with Gasteiger partial charge in [0.15, 0.2) is 0 Å². The van der Waals surface area contributed by atoms with Gasteiger partial charge in [-0.1, -0.05) is 23.2 Å². The zero-order valence-electron chi connectivity index (χ0n) is 8.30. The summed E-state index contributed by atoms with van der Waals surface area (Å²) in [6.07, 6.45) is 3.00. The molecule has 7 heteroatoms. The molecule has 2 aromatic rings. The minimum Gasteiger partial charge on any atom is -0.356 e. The summed E-state index contributed by atoms with van der Waals surface area (Å²) in [6, 6.07) is 3.20. The number of H-pyrrole nitrogens is 1. The number of rotatable bonds is 2. The largest absolute Gasteiger partial charge is 0.356 e. The van der Waals surface area contributed by atoms with Crippen molar-refractivity contribution in [3.63, 3.8) is 0 Å². The van der Waals surface area contributed by atoms with Crippen molar-refractivity contribution in [2.75, 3.05) is 5.32 Å². The van der Waals surface area contributed by atoms with Crippen LogP contribution in [0.25, 0.3) is 0 Å². The number of hydrogen-bond donors (Lipinski definition) is 2. The number of nitrogens with one attached hydrogen (secondary N) is 2. The molecular formula is C10H6BrCl2N3O. The third-order valence-corrected chi connectivity index (χ3v) is 3.30. The van der Waals surface area contributed by atoms with Crippen molar-refractivity contribution in [1.29, 1.82) is 0 Å². The second-order valence-electron chi connectivity index (χ2n) is 3.18. The van der Waals surface area contributed by atoms with Crippen molar-refractivity contribution in [1.82, 2.24) is 9.97 Å². The fraction of sp³-hybridized carbons (Fsp3) is 0. The number of hydrogen-bond acceptors (Lipinski definition) is 2. The van der Waals surface area contributed by atoms with Gasteiger partial charge >= 0.3 is 0 Å². The number of anilines is 1. The second-order valence-corrected chi connectivity index (χ2v) is 4.83. The zero-order valence-corrected chi connectivity index (χ0v) is 11.4. The summed E-state index contributed by atoms with van der Waals surface area (Å²) in [5, 5.41) is 3.48. The van der Waals surface area contributed by atoms with Gasteiger partial charge in [0.05, 0.1) is 21.4 Å². The van der Waals surface area contributed by atoms with E-state index >= 15 is 0 Å². The number of nitrogens with zero attached hydrogens (tertiary/aromatic N) is 1. The van der Waals surface area contributed by atoms with Crippen LogP contribution >= 0.6 is 39.1 Å². The standard InChI is InChI=1S/C10H6BrCl2N3O/c11-7-2-6(4-15-9(7)13)16-10(17)8-1-5(12)3-14-8/h1-4,14H,(H,16,17). The van der Waals surface area contributed by atoms with Gasteiger partial charge in [-0.3, -0.25) is 4.79 Å². The van der Waals surface area contributed by atoms with Gasteiger partial charge in [0, 0.05) is 6.20 Å². The molecule has 2 N–H and O–H groups in total. The topological polar surface area (TPSA) is 57.8 Å². The van der Waals surface area contributed by atoms with E-state index in [1.807, 2.05) is 0 Å². The van der Waals surface area contributed by atoms with Gasteiger partial charge in [-0.05, 0) is 28.1 Å². The lowest BCUT2D eigenvalue weighted by Gasteiger charge is -2.04. The van der Waals surface area contributed by atoms with Crippen LogP contribution in [-0.4, -0.2) is 15.9 Å². The first-order valence-corrected chi connectivity index (χ1v) is 6.07. The van der Waals surface area contributed by atoms with Crippen molar-refractivity contribution >= 4 is 50.7 Å². The van der Waals surface area contributed by atoms with Crippen LogP contribution in [0, 0.1) is 0 Å². The molecule has 0 fully saturated rings. The van der Waals surface area contributed by atoms with Crippen LogP contribution in [0.3, 0.4) is 0 Å². The fourth-order valence-corrected chi connectivity index (χ4v) is 1.80. The van der Waals surface area contributed by atoms with E-state index in [-0.39, 0.29) is 5.91 Å². The first-order chi connectivity index (χ1) is 8.06. The Bertz CT molecular complexity index is 570. The van der Waals surface area contributed by atoms with E-state index in [4.69, 9.17) is 23.2 Å². The summed E-state index contributed by atoms with van der Waals surface area (Å²) in [6.45, 7) is 0. The number of aromatic nitrogens is 2. The van der Waals surface area contributed by atoms with Crippen molar-refractivity contribution in [2.45, 2.75) is 0 Å². The number of amides is 1. The molecule has 1 amide bonds. The van der Waals surface area contributed by atoms with Crippen LogP contribution in [-0.2, 0) is 0 Å². The predicted octanol–water partition coefficient (Wildman–Crippen LogP) is 3.73. The molecule has 2 heterocycles. The molecule has 0 unspecified atom stereocenters. The molecule has 0 saturated carbocycles. The molecule has 4 nitrogen and oxygen atoms in total. The number of carbonyl (C=O) groups is 1. The van der Waals surface area contributed by atoms with Crippen LogP contribution in [0.5, 0.6) is 0 Å². The molecule has 17 heavy (non-hydrogen) atoms. The maximum atomic E-state index is 11.7. The first-order valence-electron chi connectivity index (χ1n) is 4.52. The van der Waals surface area contributed by atoms with Gasteiger partial charge in [-0.2, -0.15) is 0 Å². The molecule has 2 rings (SSSR count). The lowest BCUT2D eigenvalue weighted by atomic mass is 10.3. The zero-order chi connectivity index (χ0) is 12.4. The lowest BCUT2D eigenvalue weighted by Crippen LogP contribution is -2.12. The second kappa shape index (κ2) is 5.08. The molecule has 2 aromatic heterocycles. The summed E-state index contributed by atoms with van der Waals surface area (Å²) in [7, 11) is 0. The Morgan fingerprint density at radius 2 is 2.18 bits per heavy atom. The Labute approximate surface area is 115 Å². The lowest BCUT2D eigenvalue weighted by molar-refractivity contribution is 0.102. The van der Waals surface area contributed by atoms with Gasteiger partial charge in [0.1, 0.15) is 10.8 Å². The Morgan fingerprint density at radius 1 is 1.41 bits per heavy atom. The summed E-state index contributed by atoms with van der Waals surface area (Å²) >= 11 is 14.7. The normalized spacial score (nSPS) is 10.3. The van der Waals surface area contributed by atoms with Crippen molar-refractivity contribution in [2.24, 2.45) is 0 Å². The van der Waals surface area contributed by atoms with Crippen LogP contribution in [0.4, 0.5) is 5.69 Å². The van der Waals surface area contributed by atoms with E-state index < -0.39 is 0 Å². The Morgan fingerprint density at radius 3 is 2.76 bits per heavy atom. The third-order valence-electron chi connectivity index (χ3n) is 1.95. The number of carbonyl (C=O) groups excluding carboxylic acids is 1. The molecule has 0 spiro atoms. The maximum Gasteiger partial charge on any atom is 0.272 e. The highest BCUT2D eigenvalue weighted by Crippen LogP contribution is 2.23. The Kier molecular flexibility index (Phi) is 3.71. The number of halogens is 3. The number of aromatic amines is 1. The maximum absolute atomic E-state index is 11.7. The SMILES string of the molecule is O=C(Nc1cnc(Cl)c(Br)c1)c1cc(Cl)c[nH]1. The molecule has 0 aliphatic carbocycles. The molecule has 0 aliphatic rings. The molecule has 0 radical (unpaired) electrons. The average Bonchev–Trinajstić information content (AvgIpc) is 2.70. The van der Waals surface area contributed by atoms with Crippen LogP contribution in [0.2, 0.25) is 10.2 Å². The van der Waals surface area contributed by atoms with Gasteiger partial charge in [-0.25, -0.2) is 4.98 Å². The molecule has 0 aliphatic heterocycles. The van der Waals surface area contributed by atoms with Crippen molar-refractivity contribution < 1.29 is 4.79 Å². The minimum absolute atomic E-state index is 0.298. The smallest absolute Gasteiger partial charge is 0.272 e. The Balaban J connectivity index is 2.15.